The van der Waals surface area contributed by atoms with Gasteiger partial charge in [-0.1, -0.05) is 15.9 Å². The van der Waals surface area contributed by atoms with Crippen LogP contribution in [0.4, 0.5) is 15.9 Å². The molecule has 0 unspecified atom stereocenters. The van der Waals surface area contributed by atoms with Crippen molar-refractivity contribution in [3.05, 3.63) is 59.2 Å². The van der Waals surface area contributed by atoms with Gasteiger partial charge in [0, 0.05) is 22.1 Å². The second-order valence-electron chi connectivity index (χ2n) is 7.40. The van der Waals surface area contributed by atoms with Gasteiger partial charge in [0.05, 0.1) is 22.6 Å². The molecule has 0 bridgehead atoms. The van der Waals surface area contributed by atoms with Gasteiger partial charge in [-0.15, -0.1) is 0 Å². The third-order valence-corrected chi connectivity index (χ3v) is 4.99. The number of rotatable bonds is 6. The van der Waals surface area contributed by atoms with Crippen LogP contribution in [0.5, 0.6) is 5.75 Å². The Morgan fingerprint density at radius 1 is 1.10 bits per heavy atom. The minimum Gasteiger partial charge on any atom is -0.488 e. The number of anilines is 2. The van der Waals surface area contributed by atoms with Gasteiger partial charge in [0.15, 0.2) is 0 Å². The number of hydrogen-bond donors (Lipinski definition) is 1. The number of nitrogens with zero attached hydrogens (tertiary/aromatic N) is 4. The van der Waals surface area contributed by atoms with E-state index in [0.717, 1.165) is 33.1 Å². The first-order valence-corrected chi connectivity index (χ1v) is 10.3. The lowest BCUT2D eigenvalue weighted by molar-refractivity contribution is 0.179. The van der Waals surface area contributed by atoms with Crippen LogP contribution < -0.4 is 10.1 Å². The predicted octanol–water partition coefficient (Wildman–Crippen LogP) is 5.15. The Labute approximate surface area is 182 Å². The largest absolute Gasteiger partial charge is 0.488 e. The molecule has 2 aromatic heterocycles. The van der Waals surface area contributed by atoms with Gasteiger partial charge in [0.1, 0.15) is 29.8 Å². The van der Waals surface area contributed by atoms with E-state index in [1.165, 1.54) is 18.6 Å². The molecule has 0 saturated heterocycles. The molecule has 0 aliphatic carbocycles. The minimum atomic E-state index is -0.373. The normalized spacial score (nSPS) is 12.5. The van der Waals surface area contributed by atoms with Crippen LogP contribution in [0.1, 0.15) is 6.92 Å². The van der Waals surface area contributed by atoms with Gasteiger partial charge in [0.25, 0.3) is 0 Å². The number of aromatic nitrogens is 3. The second-order valence-corrected chi connectivity index (χ2v) is 8.31. The number of nitrogens with one attached hydrogen (secondary N) is 1. The number of ether oxygens (including phenoxy) is 1. The molecule has 4 rings (SSSR count). The molecular formula is C22H21BrFN5O. The van der Waals surface area contributed by atoms with Gasteiger partial charge >= 0.3 is 0 Å². The number of pyridine rings is 1. The number of hydrogen-bond acceptors (Lipinski definition) is 6. The molecular weight excluding hydrogens is 449 g/mol. The Morgan fingerprint density at radius 2 is 1.93 bits per heavy atom. The van der Waals surface area contributed by atoms with E-state index < -0.39 is 0 Å². The first-order chi connectivity index (χ1) is 14.4. The average Bonchev–Trinajstić information content (AvgIpc) is 2.66. The Hall–Kier alpha value is -2.84. The van der Waals surface area contributed by atoms with Crippen LogP contribution >= 0.6 is 15.9 Å². The van der Waals surface area contributed by atoms with E-state index in [1.54, 1.807) is 0 Å². The zero-order chi connectivity index (χ0) is 21.3. The molecule has 1 atom stereocenters. The second kappa shape index (κ2) is 8.49. The summed E-state index contributed by atoms with van der Waals surface area (Å²) in [5, 5.41) is 4.81. The van der Waals surface area contributed by atoms with Crippen molar-refractivity contribution >= 4 is 49.2 Å². The molecule has 0 amide bonds. The monoisotopic (exact) mass is 469 g/mol. The van der Waals surface area contributed by atoms with E-state index in [0.29, 0.717) is 17.0 Å². The Bertz CT molecular complexity index is 1220. The summed E-state index contributed by atoms with van der Waals surface area (Å²) in [6, 6.07) is 10.9. The molecule has 0 aliphatic heterocycles. The molecule has 0 spiro atoms. The topological polar surface area (TPSA) is 63.2 Å². The van der Waals surface area contributed by atoms with E-state index in [9.17, 15) is 4.39 Å². The van der Waals surface area contributed by atoms with E-state index in [2.05, 4.69) is 41.1 Å². The maximum absolute atomic E-state index is 13.6. The van der Waals surface area contributed by atoms with Crippen molar-refractivity contribution in [2.75, 3.05) is 26.0 Å². The summed E-state index contributed by atoms with van der Waals surface area (Å²) in [5.74, 6) is 0.927. The van der Waals surface area contributed by atoms with Crippen molar-refractivity contribution in [1.29, 1.82) is 0 Å². The van der Waals surface area contributed by atoms with Crippen LogP contribution in [0.2, 0.25) is 0 Å². The molecule has 2 aromatic carbocycles. The van der Waals surface area contributed by atoms with Crippen molar-refractivity contribution in [2.45, 2.75) is 13.0 Å². The predicted molar refractivity (Wildman–Crippen MR) is 121 cm³/mol. The first kappa shape index (κ1) is 20.4. The maximum Gasteiger partial charge on any atom is 0.145 e. The van der Waals surface area contributed by atoms with Gasteiger partial charge in [-0.2, -0.15) is 0 Å². The molecule has 154 valence electrons. The molecule has 30 heavy (non-hydrogen) atoms. The number of halogens is 2. The summed E-state index contributed by atoms with van der Waals surface area (Å²) in [5.41, 5.74) is 2.24. The highest BCUT2D eigenvalue weighted by atomic mass is 79.9. The van der Waals surface area contributed by atoms with Gasteiger partial charge in [-0.05, 0) is 57.4 Å². The Kier molecular flexibility index (Phi) is 5.78. The molecule has 0 aliphatic rings. The molecule has 0 fully saturated rings. The standard InChI is InChI=1S/C22H21BrFN5O/c1-13(11-29(2)3)30-20-9-15(23)8-19-21(20)22(27-12-26-19)28-17-4-5-18-14(7-17)6-16(24)10-25-18/h4-10,12-13H,11H2,1-3H3,(H,26,27,28)/t13-/m1/s1. The zero-order valence-electron chi connectivity index (χ0n) is 16.9. The van der Waals surface area contributed by atoms with Crippen LogP contribution in [0.3, 0.4) is 0 Å². The lowest BCUT2D eigenvalue weighted by Crippen LogP contribution is -2.28. The SMILES string of the molecule is C[C@H](CN(C)C)Oc1cc(Br)cc2ncnc(Nc3ccc4ncc(F)cc4c3)c12. The van der Waals surface area contributed by atoms with E-state index in [4.69, 9.17) is 4.74 Å². The highest BCUT2D eigenvalue weighted by molar-refractivity contribution is 9.10. The third kappa shape index (κ3) is 4.49. The van der Waals surface area contributed by atoms with Crippen molar-refractivity contribution < 1.29 is 9.13 Å². The summed E-state index contributed by atoms with van der Waals surface area (Å²) in [7, 11) is 4.01. The highest BCUT2D eigenvalue weighted by Gasteiger charge is 2.15. The number of fused-ring (bicyclic) bond motifs is 2. The molecule has 6 nitrogen and oxygen atoms in total. The molecule has 1 N–H and O–H groups in total. The van der Waals surface area contributed by atoms with Crippen molar-refractivity contribution in [3.63, 3.8) is 0 Å². The fourth-order valence-electron chi connectivity index (χ4n) is 3.40. The van der Waals surface area contributed by atoms with Crippen LogP contribution in [-0.4, -0.2) is 46.6 Å². The minimum absolute atomic E-state index is 0.0275. The summed E-state index contributed by atoms with van der Waals surface area (Å²) < 4.78 is 20.7. The lowest BCUT2D eigenvalue weighted by Gasteiger charge is -2.20. The summed E-state index contributed by atoms with van der Waals surface area (Å²) in [6.45, 7) is 2.79. The van der Waals surface area contributed by atoms with E-state index >= 15 is 0 Å². The summed E-state index contributed by atoms with van der Waals surface area (Å²) >= 11 is 3.54. The van der Waals surface area contributed by atoms with E-state index in [-0.39, 0.29) is 11.9 Å². The van der Waals surface area contributed by atoms with Gasteiger partial charge in [-0.25, -0.2) is 14.4 Å². The first-order valence-electron chi connectivity index (χ1n) is 9.47. The molecule has 0 radical (unpaired) electrons. The average molecular weight is 470 g/mol. The van der Waals surface area contributed by atoms with Crippen molar-refractivity contribution in [2.24, 2.45) is 0 Å². The quantitative estimate of drug-likeness (QED) is 0.421. The fraction of sp³-hybridized carbons (Fsp3) is 0.227. The Balaban J connectivity index is 1.75. The molecule has 0 saturated carbocycles. The third-order valence-electron chi connectivity index (χ3n) is 4.53. The highest BCUT2D eigenvalue weighted by Crippen LogP contribution is 2.35. The van der Waals surface area contributed by atoms with Crippen LogP contribution in [0.25, 0.3) is 21.8 Å². The summed E-state index contributed by atoms with van der Waals surface area (Å²) in [4.78, 5) is 15.0. The number of likely N-dealkylation sites (N-methyl/N-ethyl adjacent to an activating group) is 1. The smallest absolute Gasteiger partial charge is 0.145 e. The lowest BCUT2D eigenvalue weighted by atomic mass is 10.1. The fourth-order valence-corrected chi connectivity index (χ4v) is 3.82. The maximum atomic E-state index is 13.6. The van der Waals surface area contributed by atoms with E-state index in [1.807, 2.05) is 51.4 Å². The van der Waals surface area contributed by atoms with Crippen LogP contribution in [-0.2, 0) is 0 Å². The molecule has 2 heterocycles. The van der Waals surface area contributed by atoms with Gasteiger partial charge in [0.2, 0.25) is 0 Å². The molecule has 4 aromatic rings. The summed E-state index contributed by atoms with van der Waals surface area (Å²) in [6.07, 6.45) is 2.69. The van der Waals surface area contributed by atoms with Crippen molar-refractivity contribution in [1.82, 2.24) is 19.9 Å². The van der Waals surface area contributed by atoms with Crippen LogP contribution in [0, 0.1) is 5.82 Å². The zero-order valence-corrected chi connectivity index (χ0v) is 18.4. The van der Waals surface area contributed by atoms with Crippen molar-refractivity contribution in [3.8, 4) is 5.75 Å². The molecule has 8 heteroatoms. The van der Waals surface area contributed by atoms with Gasteiger partial charge in [-0.3, -0.25) is 4.98 Å². The van der Waals surface area contributed by atoms with Gasteiger partial charge < -0.3 is 15.0 Å². The van der Waals surface area contributed by atoms with Crippen LogP contribution in [0.15, 0.2) is 53.4 Å². The number of benzene rings is 2. The Morgan fingerprint density at radius 3 is 2.73 bits per heavy atom.